The number of nitro benzene ring substituents is 1. The van der Waals surface area contributed by atoms with Gasteiger partial charge in [0.25, 0.3) is 5.69 Å². The maximum Gasteiger partial charge on any atom is 0.269 e. The van der Waals surface area contributed by atoms with Gasteiger partial charge in [0, 0.05) is 23.1 Å². The van der Waals surface area contributed by atoms with Crippen molar-refractivity contribution in [2.75, 3.05) is 0 Å². The number of fused-ring (bicyclic) bond motifs is 3. The summed E-state index contributed by atoms with van der Waals surface area (Å²) in [5, 5.41) is 14.6. The van der Waals surface area contributed by atoms with E-state index >= 15 is 0 Å². The van der Waals surface area contributed by atoms with Crippen molar-refractivity contribution in [1.29, 1.82) is 0 Å². The molecule has 0 bridgehead atoms. The summed E-state index contributed by atoms with van der Waals surface area (Å²) in [6.45, 7) is 0. The van der Waals surface area contributed by atoms with Crippen molar-refractivity contribution in [1.82, 2.24) is 4.98 Å². The van der Waals surface area contributed by atoms with Crippen LogP contribution in [0.5, 0.6) is 0 Å². The molecule has 0 saturated carbocycles. The summed E-state index contributed by atoms with van der Waals surface area (Å²) >= 11 is 0. The molecule has 0 aliphatic heterocycles. The second-order valence-electron chi connectivity index (χ2n) is 7.52. The van der Waals surface area contributed by atoms with Crippen molar-refractivity contribution >= 4 is 32.9 Å². The lowest BCUT2D eigenvalue weighted by Gasteiger charge is -2.18. The maximum absolute atomic E-state index is 11.0. The number of hydrogen-bond donors (Lipinski definition) is 0. The largest absolute Gasteiger partial charge is 0.269 e. The Kier molecular flexibility index (Phi) is 4.32. The van der Waals surface area contributed by atoms with E-state index in [0.717, 1.165) is 29.6 Å². The predicted molar refractivity (Wildman–Crippen MR) is 118 cm³/mol. The molecule has 1 heterocycles. The first-order chi connectivity index (χ1) is 14.2. The summed E-state index contributed by atoms with van der Waals surface area (Å²) in [6.07, 6.45) is 6.98. The highest BCUT2D eigenvalue weighted by molar-refractivity contribution is 6.11. The first kappa shape index (κ1) is 17.6. The van der Waals surface area contributed by atoms with E-state index in [0.29, 0.717) is 0 Å². The molecule has 142 valence electrons. The Bertz CT molecular complexity index is 1270. The maximum atomic E-state index is 11.0. The fourth-order valence-electron chi connectivity index (χ4n) is 4.25. The van der Waals surface area contributed by atoms with Gasteiger partial charge >= 0.3 is 0 Å². The molecule has 1 aliphatic carbocycles. The van der Waals surface area contributed by atoms with Crippen LogP contribution in [0.25, 0.3) is 38.5 Å². The Labute approximate surface area is 168 Å². The number of rotatable bonds is 3. The highest BCUT2D eigenvalue weighted by Crippen LogP contribution is 2.37. The monoisotopic (exact) mass is 380 g/mol. The van der Waals surface area contributed by atoms with E-state index in [1.54, 1.807) is 24.3 Å². The fraction of sp³-hybridized carbons (Fsp3) is 0.160. The average Bonchev–Trinajstić information content (AvgIpc) is 2.78. The Morgan fingerprint density at radius 1 is 0.931 bits per heavy atom. The van der Waals surface area contributed by atoms with Gasteiger partial charge in [-0.15, -0.1) is 0 Å². The molecule has 0 radical (unpaired) electrons. The van der Waals surface area contributed by atoms with Crippen LogP contribution in [0.4, 0.5) is 5.69 Å². The molecule has 0 spiro atoms. The third-order valence-electron chi connectivity index (χ3n) is 5.71. The van der Waals surface area contributed by atoms with E-state index in [4.69, 9.17) is 4.98 Å². The predicted octanol–water partition coefficient (Wildman–Crippen LogP) is 6.92. The number of allylic oxidation sites excluding steroid dienone is 2. The van der Waals surface area contributed by atoms with Gasteiger partial charge in [-0.25, -0.2) is 4.98 Å². The zero-order valence-corrected chi connectivity index (χ0v) is 16.0. The van der Waals surface area contributed by atoms with Gasteiger partial charge in [0.15, 0.2) is 0 Å². The van der Waals surface area contributed by atoms with Crippen molar-refractivity contribution in [3.8, 4) is 11.3 Å². The van der Waals surface area contributed by atoms with E-state index in [1.165, 1.54) is 40.1 Å². The molecule has 4 aromatic rings. The van der Waals surface area contributed by atoms with Gasteiger partial charge < -0.3 is 0 Å². The quantitative estimate of drug-likeness (QED) is 0.220. The van der Waals surface area contributed by atoms with Gasteiger partial charge in [-0.3, -0.25) is 10.1 Å². The van der Waals surface area contributed by atoms with E-state index in [-0.39, 0.29) is 10.6 Å². The lowest BCUT2D eigenvalue weighted by Crippen LogP contribution is -1.97. The van der Waals surface area contributed by atoms with E-state index in [9.17, 15) is 10.1 Å². The van der Waals surface area contributed by atoms with E-state index in [2.05, 4.69) is 48.5 Å². The van der Waals surface area contributed by atoms with Crippen molar-refractivity contribution in [3.05, 3.63) is 88.5 Å². The molecule has 0 N–H and O–H groups in total. The molecule has 3 aromatic carbocycles. The normalized spacial score (nSPS) is 14.1. The molecule has 0 unspecified atom stereocenters. The number of nitro groups is 1. The highest BCUT2D eigenvalue weighted by atomic mass is 16.6. The molecule has 4 heteroatoms. The number of nitrogens with zero attached hydrogens (tertiary/aromatic N) is 2. The van der Waals surface area contributed by atoms with Crippen molar-refractivity contribution in [3.63, 3.8) is 0 Å². The number of hydrogen-bond acceptors (Lipinski definition) is 3. The third kappa shape index (κ3) is 3.17. The molecule has 5 rings (SSSR count). The third-order valence-corrected chi connectivity index (χ3v) is 5.71. The van der Waals surface area contributed by atoms with Crippen LogP contribution < -0.4 is 0 Å². The average molecular weight is 380 g/mol. The van der Waals surface area contributed by atoms with Crippen molar-refractivity contribution in [2.45, 2.75) is 25.7 Å². The Morgan fingerprint density at radius 3 is 2.52 bits per heavy atom. The summed E-state index contributed by atoms with van der Waals surface area (Å²) in [5.41, 5.74) is 5.41. The van der Waals surface area contributed by atoms with Crippen molar-refractivity contribution in [2.24, 2.45) is 0 Å². The van der Waals surface area contributed by atoms with Crippen LogP contribution in [0.2, 0.25) is 0 Å². The summed E-state index contributed by atoms with van der Waals surface area (Å²) < 4.78 is 0. The molecule has 0 saturated heterocycles. The number of pyridine rings is 1. The summed E-state index contributed by atoms with van der Waals surface area (Å²) in [4.78, 5) is 15.5. The summed E-state index contributed by atoms with van der Waals surface area (Å²) in [5.74, 6) is 0. The smallest absolute Gasteiger partial charge is 0.258 e. The zero-order valence-electron chi connectivity index (χ0n) is 16.0. The molecule has 1 aromatic heterocycles. The molecular formula is C25H20N2O2. The van der Waals surface area contributed by atoms with Crippen LogP contribution in [-0.4, -0.2) is 9.91 Å². The van der Waals surface area contributed by atoms with Gasteiger partial charge in [0.1, 0.15) is 0 Å². The van der Waals surface area contributed by atoms with Crippen molar-refractivity contribution < 1.29 is 4.92 Å². The molecule has 0 atom stereocenters. The van der Waals surface area contributed by atoms with Gasteiger partial charge in [-0.2, -0.15) is 0 Å². The van der Waals surface area contributed by atoms with Crippen LogP contribution in [0.15, 0.2) is 72.8 Å². The standard InChI is InChI=1S/C25H20N2O2/c28-27(29)20-13-10-19(11-14-20)24-16-22(17-6-2-1-3-7-17)25-21-9-5-4-8-18(21)12-15-23(25)26-24/h4-6,8-16H,1-3,7H2. The minimum atomic E-state index is -0.373. The van der Waals surface area contributed by atoms with Gasteiger partial charge in [0.05, 0.1) is 16.1 Å². The van der Waals surface area contributed by atoms with Gasteiger partial charge in [-0.05, 0) is 71.9 Å². The highest BCUT2D eigenvalue weighted by Gasteiger charge is 2.16. The van der Waals surface area contributed by atoms with Gasteiger partial charge in [-0.1, -0.05) is 36.4 Å². The van der Waals surface area contributed by atoms with E-state index in [1.807, 2.05) is 0 Å². The summed E-state index contributed by atoms with van der Waals surface area (Å²) in [7, 11) is 0. The lowest BCUT2D eigenvalue weighted by atomic mass is 9.89. The molecule has 4 nitrogen and oxygen atoms in total. The summed E-state index contributed by atoms with van der Waals surface area (Å²) in [6, 6.07) is 21.4. The SMILES string of the molecule is O=[N+]([O-])c1ccc(-c2cc(C3=CCCCC3)c3c(ccc4ccccc43)n2)cc1. The molecule has 0 fully saturated rings. The minimum absolute atomic E-state index is 0.0933. The van der Waals surface area contributed by atoms with Crippen LogP contribution in [-0.2, 0) is 0 Å². The molecular weight excluding hydrogens is 360 g/mol. The lowest BCUT2D eigenvalue weighted by molar-refractivity contribution is -0.384. The minimum Gasteiger partial charge on any atom is -0.258 e. The van der Waals surface area contributed by atoms with Crippen LogP contribution in [0.3, 0.4) is 0 Å². The van der Waals surface area contributed by atoms with Gasteiger partial charge in [0.2, 0.25) is 0 Å². The molecule has 29 heavy (non-hydrogen) atoms. The molecule has 1 aliphatic rings. The molecule has 0 amide bonds. The number of aromatic nitrogens is 1. The fourth-order valence-corrected chi connectivity index (χ4v) is 4.25. The number of non-ortho nitro benzene ring substituents is 1. The second-order valence-corrected chi connectivity index (χ2v) is 7.52. The topological polar surface area (TPSA) is 56.0 Å². The first-order valence-corrected chi connectivity index (χ1v) is 9.97. The Balaban J connectivity index is 1.78. The first-order valence-electron chi connectivity index (χ1n) is 9.97. The van der Waals surface area contributed by atoms with Crippen LogP contribution in [0, 0.1) is 10.1 Å². The Hall–Kier alpha value is -3.53. The number of benzene rings is 3. The van der Waals surface area contributed by atoms with Crippen LogP contribution >= 0.6 is 0 Å². The van der Waals surface area contributed by atoms with E-state index < -0.39 is 0 Å². The van der Waals surface area contributed by atoms with Crippen LogP contribution in [0.1, 0.15) is 31.2 Å². The zero-order chi connectivity index (χ0) is 19.8. The Morgan fingerprint density at radius 2 is 1.76 bits per heavy atom. The second kappa shape index (κ2) is 7.13.